The molecule has 0 saturated heterocycles. The Labute approximate surface area is 96.7 Å². The molecular weight excluding hydrogens is 198 g/mol. The molecule has 0 aromatic carbocycles. The Balaban J connectivity index is 2.69. The van der Waals surface area contributed by atoms with Crippen LogP contribution >= 0.6 is 0 Å². The summed E-state index contributed by atoms with van der Waals surface area (Å²) in [5.41, 5.74) is 4.33. The molecule has 0 aliphatic rings. The zero-order chi connectivity index (χ0) is 11.9. The van der Waals surface area contributed by atoms with E-state index in [1.807, 2.05) is 13.0 Å². The first-order chi connectivity index (χ1) is 7.50. The molecule has 0 amide bonds. The van der Waals surface area contributed by atoms with Gasteiger partial charge in [0.1, 0.15) is 11.3 Å². The van der Waals surface area contributed by atoms with Crippen molar-refractivity contribution >= 4 is 11.1 Å². The van der Waals surface area contributed by atoms with Gasteiger partial charge in [0.15, 0.2) is 5.58 Å². The van der Waals surface area contributed by atoms with Crippen LogP contribution in [0.25, 0.3) is 11.1 Å². The number of aromatic nitrogens is 1. The second-order valence-corrected chi connectivity index (χ2v) is 4.96. The Kier molecular flexibility index (Phi) is 2.75. The smallest absolute Gasteiger partial charge is 0.153 e. The number of pyridine rings is 1. The van der Waals surface area contributed by atoms with Crippen molar-refractivity contribution in [2.45, 2.75) is 46.5 Å². The lowest BCUT2D eigenvalue weighted by Crippen LogP contribution is -1.94. The van der Waals surface area contributed by atoms with E-state index >= 15 is 0 Å². The molecule has 2 aromatic rings. The monoisotopic (exact) mass is 217 g/mol. The fraction of sp³-hybridized carbons (Fsp3) is 0.500. The van der Waals surface area contributed by atoms with Crippen LogP contribution in [0.4, 0.5) is 0 Å². The average Bonchev–Trinajstić information content (AvgIpc) is 2.51. The number of fused-ring (bicyclic) bond motifs is 1. The Bertz CT molecular complexity index is 509. The molecule has 0 unspecified atom stereocenters. The molecule has 0 spiro atoms. The highest BCUT2D eigenvalue weighted by Gasteiger charge is 2.16. The molecule has 0 N–H and O–H groups in total. The van der Waals surface area contributed by atoms with Crippen LogP contribution < -0.4 is 0 Å². The molecule has 16 heavy (non-hydrogen) atoms. The van der Waals surface area contributed by atoms with Crippen molar-refractivity contribution < 1.29 is 4.42 Å². The van der Waals surface area contributed by atoms with E-state index in [1.54, 1.807) is 0 Å². The van der Waals surface area contributed by atoms with Crippen molar-refractivity contribution in [3.05, 3.63) is 29.2 Å². The summed E-state index contributed by atoms with van der Waals surface area (Å²) in [6, 6.07) is 4.09. The van der Waals surface area contributed by atoms with Crippen LogP contribution in [-0.2, 0) is 0 Å². The number of hydrogen-bond donors (Lipinski definition) is 0. The van der Waals surface area contributed by atoms with Gasteiger partial charge in [-0.2, -0.15) is 0 Å². The zero-order valence-electron chi connectivity index (χ0n) is 10.7. The van der Waals surface area contributed by atoms with Crippen LogP contribution in [0, 0.1) is 6.92 Å². The van der Waals surface area contributed by atoms with Gasteiger partial charge in [-0.15, -0.1) is 0 Å². The molecule has 0 fully saturated rings. The summed E-state index contributed by atoms with van der Waals surface area (Å²) in [4.78, 5) is 4.72. The third-order valence-electron chi connectivity index (χ3n) is 2.95. The van der Waals surface area contributed by atoms with Crippen molar-refractivity contribution in [1.82, 2.24) is 4.98 Å². The minimum atomic E-state index is 0.455. The van der Waals surface area contributed by atoms with Gasteiger partial charge in [0.25, 0.3) is 0 Å². The molecule has 2 heterocycles. The van der Waals surface area contributed by atoms with Crippen molar-refractivity contribution in [1.29, 1.82) is 0 Å². The van der Waals surface area contributed by atoms with E-state index in [2.05, 4.69) is 33.8 Å². The maximum Gasteiger partial charge on any atom is 0.153 e. The SMILES string of the molecule is Cc1oc2ccc(C(C)C)nc2c1C(C)C. The van der Waals surface area contributed by atoms with Gasteiger partial charge in [-0.05, 0) is 30.9 Å². The summed E-state index contributed by atoms with van der Waals surface area (Å²) in [6.45, 7) is 10.7. The fourth-order valence-corrected chi connectivity index (χ4v) is 2.12. The molecular formula is C14H19NO. The minimum absolute atomic E-state index is 0.455. The van der Waals surface area contributed by atoms with E-state index < -0.39 is 0 Å². The molecule has 86 valence electrons. The molecule has 2 aromatic heterocycles. The number of hydrogen-bond acceptors (Lipinski definition) is 2. The molecule has 0 radical (unpaired) electrons. The normalized spacial score (nSPS) is 11.9. The Morgan fingerprint density at radius 3 is 2.31 bits per heavy atom. The van der Waals surface area contributed by atoms with E-state index in [-0.39, 0.29) is 0 Å². The molecule has 0 saturated carbocycles. The average molecular weight is 217 g/mol. The summed E-state index contributed by atoms with van der Waals surface area (Å²) in [6.07, 6.45) is 0. The lowest BCUT2D eigenvalue weighted by Gasteiger charge is -2.06. The van der Waals surface area contributed by atoms with Gasteiger partial charge in [-0.3, -0.25) is 0 Å². The van der Waals surface area contributed by atoms with Gasteiger partial charge < -0.3 is 4.42 Å². The van der Waals surface area contributed by atoms with Crippen LogP contribution in [0.3, 0.4) is 0 Å². The largest absolute Gasteiger partial charge is 0.459 e. The van der Waals surface area contributed by atoms with Gasteiger partial charge in [-0.1, -0.05) is 27.7 Å². The molecule has 0 aliphatic heterocycles. The summed E-state index contributed by atoms with van der Waals surface area (Å²) >= 11 is 0. The second kappa shape index (κ2) is 3.93. The minimum Gasteiger partial charge on any atom is -0.459 e. The van der Waals surface area contributed by atoms with Crippen molar-refractivity contribution in [2.75, 3.05) is 0 Å². The third-order valence-corrected chi connectivity index (χ3v) is 2.95. The van der Waals surface area contributed by atoms with Crippen LogP contribution in [0.1, 0.15) is 56.5 Å². The van der Waals surface area contributed by atoms with Gasteiger partial charge in [0.2, 0.25) is 0 Å². The van der Waals surface area contributed by atoms with Crippen molar-refractivity contribution in [3.8, 4) is 0 Å². The number of aryl methyl sites for hydroxylation is 1. The van der Waals surface area contributed by atoms with E-state index in [9.17, 15) is 0 Å². The molecule has 0 bridgehead atoms. The van der Waals surface area contributed by atoms with Gasteiger partial charge in [0, 0.05) is 11.3 Å². The topological polar surface area (TPSA) is 26.0 Å². The Morgan fingerprint density at radius 1 is 1.06 bits per heavy atom. The number of rotatable bonds is 2. The first-order valence-electron chi connectivity index (χ1n) is 5.90. The van der Waals surface area contributed by atoms with Crippen LogP contribution in [-0.4, -0.2) is 4.98 Å². The van der Waals surface area contributed by atoms with Crippen molar-refractivity contribution in [3.63, 3.8) is 0 Å². The zero-order valence-corrected chi connectivity index (χ0v) is 10.7. The Hall–Kier alpha value is -1.31. The summed E-state index contributed by atoms with van der Waals surface area (Å²) in [5.74, 6) is 1.91. The standard InChI is InChI=1S/C14H19NO/c1-8(2)11-6-7-12-14(15-11)13(9(3)4)10(5)16-12/h6-9H,1-5H3. The van der Waals surface area contributed by atoms with Gasteiger partial charge >= 0.3 is 0 Å². The number of nitrogens with zero attached hydrogens (tertiary/aromatic N) is 1. The predicted octanol–water partition coefficient (Wildman–Crippen LogP) is 4.38. The van der Waals surface area contributed by atoms with Gasteiger partial charge in [-0.25, -0.2) is 4.98 Å². The lowest BCUT2D eigenvalue weighted by molar-refractivity contribution is 0.567. The predicted molar refractivity (Wildman–Crippen MR) is 66.9 cm³/mol. The fourth-order valence-electron chi connectivity index (χ4n) is 2.12. The van der Waals surface area contributed by atoms with Crippen molar-refractivity contribution in [2.24, 2.45) is 0 Å². The maximum atomic E-state index is 5.73. The first kappa shape index (κ1) is 11.2. The lowest BCUT2D eigenvalue weighted by atomic mass is 10.0. The van der Waals surface area contributed by atoms with E-state index in [1.165, 1.54) is 5.56 Å². The summed E-state index contributed by atoms with van der Waals surface area (Å²) in [5, 5.41) is 0. The van der Waals surface area contributed by atoms with E-state index in [0.717, 1.165) is 22.6 Å². The molecule has 2 heteroatoms. The number of furan rings is 1. The van der Waals surface area contributed by atoms with Crippen LogP contribution in [0.2, 0.25) is 0 Å². The third kappa shape index (κ3) is 1.73. The first-order valence-corrected chi connectivity index (χ1v) is 5.90. The molecule has 0 aliphatic carbocycles. The highest BCUT2D eigenvalue weighted by molar-refractivity contribution is 5.78. The van der Waals surface area contributed by atoms with Gasteiger partial charge in [0.05, 0.1) is 0 Å². The molecule has 2 rings (SSSR count). The van der Waals surface area contributed by atoms with E-state index in [4.69, 9.17) is 9.40 Å². The summed E-state index contributed by atoms with van der Waals surface area (Å²) in [7, 11) is 0. The van der Waals surface area contributed by atoms with E-state index in [0.29, 0.717) is 11.8 Å². The van der Waals surface area contributed by atoms with Crippen LogP contribution in [0.5, 0.6) is 0 Å². The molecule has 2 nitrogen and oxygen atoms in total. The quantitative estimate of drug-likeness (QED) is 0.746. The van der Waals surface area contributed by atoms with Crippen LogP contribution in [0.15, 0.2) is 16.5 Å². The summed E-state index contributed by atoms with van der Waals surface area (Å²) < 4.78 is 5.73. The second-order valence-electron chi connectivity index (χ2n) is 4.96. The Morgan fingerprint density at radius 2 is 1.75 bits per heavy atom. The highest BCUT2D eigenvalue weighted by atomic mass is 16.3. The highest BCUT2D eigenvalue weighted by Crippen LogP contribution is 2.30. The maximum absolute atomic E-state index is 5.73. The molecule has 0 atom stereocenters.